The minimum atomic E-state index is -0.383. The van der Waals surface area contributed by atoms with Crippen molar-refractivity contribution in [2.45, 2.75) is 19.9 Å². The first-order valence-corrected chi connectivity index (χ1v) is 14.1. The van der Waals surface area contributed by atoms with Crippen molar-refractivity contribution in [3.63, 3.8) is 0 Å². The van der Waals surface area contributed by atoms with E-state index in [0.29, 0.717) is 65.5 Å². The zero-order chi connectivity index (χ0) is 27.1. The van der Waals surface area contributed by atoms with Crippen LogP contribution in [0.4, 0.5) is 5.69 Å². The number of amides is 1. The van der Waals surface area contributed by atoms with Crippen LogP contribution in [0.3, 0.4) is 0 Å². The molecule has 206 valence electrons. The predicted octanol–water partition coefficient (Wildman–Crippen LogP) is 3.34. The highest BCUT2D eigenvalue weighted by Crippen LogP contribution is 2.42. The van der Waals surface area contributed by atoms with Crippen LogP contribution in [0.2, 0.25) is 5.02 Å². The monoisotopic (exact) mass is 551 g/mol. The van der Waals surface area contributed by atoms with Crippen molar-refractivity contribution in [3.8, 4) is 17.2 Å². The number of carbonyl (C=O) groups is 1. The third kappa shape index (κ3) is 5.12. The van der Waals surface area contributed by atoms with Crippen LogP contribution in [0.5, 0.6) is 11.5 Å². The number of fused-ring (bicyclic) bond motifs is 2. The third-order valence-electron chi connectivity index (χ3n) is 7.92. The summed E-state index contributed by atoms with van der Waals surface area (Å²) in [5, 5.41) is 3.96. The number of ether oxygens (including phenoxy) is 2. The van der Waals surface area contributed by atoms with Gasteiger partial charge in [0, 0.05) is 81.4 Å². The van der Waals surface area contributed by atoms with E-state index in [-0.39, 0.29) is 16.9 Å². The Morgan fingerprint density at radius 1 is 1.03 bits per heavy atom. The summed E-state index contributed by atoms with van der Waals surface area (Å²) >= 11 is 6.34. The van der Waals surface area contributed by atoms with E-state index in [1.165, 1.54) is 0 Å². The first kappa shape index (κ1) is 26.1. The lowest BCUT2D eigenvalue weighted by molar-refractivity contribution is 0.0383. The van der Waals surface area contributed by atoms with Crippen LogP contribution >= 0.6 is 11.6 Å². The largest absolute Gasteiger partial charge is 0.453 e. The van der Waals surface area contributed by atoms with Crippen LogP contribution in [0, 0.1) is 0 Å². The molecule has 0 saturated carbocycles. The summed E-state index contributed by atoms with van der Waals surface area (Å²) < 4.78 is 13.6. The van der Waals surface area contributed by atoms with E-state index in [1.807, 2.05) is 22.8 Å². The lowest BCUT2D eigenvalue weighted by Gasteiger charge is -2.38. The van der Waals surface area contributed by atoms with Gasteiger partial charge in [-0.05, 0) is 38.1 Å². The Balaban J connectivity index is 1.38. The molecule has 0 aliphatic carbocycles. The summed E-state index contributed by atoms with van der Waals surface area (Å²) in [6.45, 7) is 12.3. The number of hydrogen-bond donors (Lipinski definition) is 1. The van der Waals surface area contributed by atoms with E-state index >= 15 is 0 Å². The molecule has 3 aliphatic rings. The Morgan fingerprint density at radius 2 is 1.79 bits per heavy atom. The number of hydrogen-bond acceptors (Lipinski definition) is 7. The van der Waals surface area contributed by atoms with Gasteiger partial charge in [-0.3, -0.25) is 19.4 Å². The fourth-order valence-corrected chi connectivity index (χ4v) is 5.82. The average molecular weight is 552 g/mol. The molecule has 3 aromatic rings. The van der Waals surface area contributed by atoms with Gasteiger partial charge >= 0.3 is 0 Å². The van der Waals surface area contributed by atoms with Gasteiger partial charge in [0.1, 0.15) is 11.1 Å². The smallest absolute Gasteiger partial charge is 0.256 e. The molecule has 1 N–H and O–H groups in total. The van der Waals surface area contributed by atoms with Crippen molar-refractivity contribution >= 4 is 34.1 Å². The van der Waals surface area contributed by atoms with Crippen LogP contribution in [-0.2, 0) is 4.74 Å². The molecule has 2 saturated heterocycles. The number of piperazine rings is 1. The van der Waals surface area contributed by atoms with Gasteiger partial charge in [-0.25, -0.2) is 0 Å². The van der Waals surface area contributed by atoms with E-state index in [1.54, 1.807) is 18.3 Å². The first-order valence-electron chi connectivity index (χ1n) is 13.7. The minimum Gasteiger partial charge on any atom is -0.453 e. The Kier molecular flexibility index (Phi) is 7.24. The van der Waals surface area contributed by atoms with Gasteiger partial charge in [0.25, 0.3) is 5.91 Å². The fraction of sp³-hybridized carbons (Fsp3) is 0.448. The lowest BCUT2D eigenvalue weighted by atomic mass is 10.1. The van der Waals surface area contributed by atoms with Crippen LogP contribution < -0.4 is 20.4 Å². The molecule has 6 rings (SSSR count). The molecule has 2 aromatic carbocycles. The van der Waals surface area contributed by atoms with Gasteiger partial charge in [0.05, 0.1) is 24.3 Å². The minimum absolute atomic E-state index is 0.102. The standard InChI is InChI=1S/C29H34ClN5O4/c1-19(2)33-7-9-34(10-8-33)21-16-22-27-26(17-21)39-25-4-3-20(30)15-24(25)35(27)18-23(28(22)36)29(37)31-5-6-32-11-13-38-14-12-32/h3-4,15-19H,5-14H2,1-2H3,(H,31,37). The van der Waals surface area contributed by atoms with Crippen molar-refractivity contribution in [1.82, 2.24) is 19.7 Å². The number of nitrogens with zero attached hydrogens (tertiary/aromatic N) is 4. The van der Waals surface area contributed by atoms with Crippen molar-refractivity contribution in [1.29, 1.82) is 0 Å². The summed E-state index contributed by atoms with van der Waals surface area (Å²) in [5.41, 5.74) is 2.06. The van der Waals surface area contributed by atoms with Crippen LogP contribution in [0.15, 0.2) is 41.3 Å². The van der Waals surface area contributed by atoms with E-state index in [4.69, 9.17) is 21.1 Å². The Morgan fingerprint density at radius 3 is 2.54 bits per heavy atom. The Hall–Kier alpha value is -3.11. The van der Waals surface area contributed by atoms with Crippen molar-refractivity contribution < 1.29 is 14.3 Å². The van der Waals surface area contributed by atoms with Gasteiger partial charge in [0.15, 0.2) is 11.5 Å². The number of halogens is 1. The summed E-state index contributed by atoms with van der Waals surface area (Å²) in [7, 11) is 0. The molecule has 3 aliphatic heterocycles. The first-order chi connectivity index (χ1) is 18.9. The second-order valence-corrected chi connectivity index (χ2v) is 11.1. The molecule has 0 bridgehead atoms. The summed E-state index contributed by atoms with van der Waals surface area (Å²) in [5.74, 6) is 0.837. The van der Waals surface area contributed by atoms with Crippen LogP contribution in [0.25, 0.3) is 16.6 Å². The average Bonchev–Trinajstić information content (AvgIpc) is 2.95. The molecule has 0 spiro atoms. The maximum Gasteiger partial charge on any atom is 0.256 e. The maximum absolute atomic E-state index is 13.8. The van der Waals surface area contributed by atoms with Gasteiger partial charge in [0.2, 0.25) is 5.43 Å². The van der Waals surface area contributed by atoms with Crippen molar-refractivity contribution in [2.24, 2.45) is 0 Å². The highest BCUT2D eigenvalue weighted by Gasteiger charge is 2.27. The number of aromatic nitrogens is 1. The molecule has 39 heavy (non-hydrogen) atoms. The van der Waals surface area contributed by atoms with Crippen LogP contribution in [-0.4, -0.2) is 91.9 Å². The second kappa shape index (κ2) is 10.8. The molecule has 0 radical (unpaired) electrons. The molecule has 0 unspecified atom stereocenters. The predicted molar refractivity (Wildman–Crippen MR) is 153 cm³/mol. The number of anilines is 1. The van der Waals surface area contributed by atoms with E-state index in [0.717, 1.165) is 45.0 Å². The van der Waals surface area contributed by atoms with Crippen molar-refractivity contribution in [3.05, 3.63) is 57.3 Å². The van der Waals surface area contributed by atoms with Gasteiger partial charge in [-0.15, -0.1) is 0 Å². The Labute approximate surface area is 232 Å². The number of morpholine rings is 1. The van der Waals surface area contributed by atoms with Gasteiger partial charge < -0.3 is 24.3 Å². The van der Waals surface area contributed by atoms with Crippen molar-refractivity contribution in [2.75, 3.05) is 70.5 Å². The normalized spacial score (nSPS) is 17.8. The molecule has 2 fully saturated rings. The zero-order valence-electron chi connectivity index (χ0n) is 22.4. The summed E-state index contributed by atoms with van der Waals surface area (Å²) in [4.78, 5) is 34.2. The summed E-state index contributed by atoms with van der Waals surface area (Å²) in [6, 6.07) is 9.80. The molecule has 1 amide bonds. The Bertz CT molecular complexity index is 1460. The SMILES string of the molecule is CC(C)N1CCN(c2cc3c4c(c2)c(=O)c(C(=O)NCCN2CCOCC2)cn4-c2cc(Cl)ccc2O3)CC1. The highest BCUT2D eigenvalue weighted by molar-refractivity contribution is 6.30. The number of nitrogens with one attached hydrogen (secondary N) is 1. The molecular formula is C29H34ClN5O4. The third-order valence-corrected chi connectivity index (χ3v) is 8.16. The maximum atomic E-state index is 13.8. The highest BCUT2D eigenvalue weighted by atomic mass is 35.5. The summed E-state index contributed by atoms with van der Waals surface area (Å²) in [6.07, 6.45) is 1.62. The second-order valence-electron chi connectivity index (χ2n) is 10.6. The molecule has 0 atom stereocenters. The molecule has 4 heterocycles. The van der Waals surface area contributed by atoms with Crippen LogP contribution in [0.1, 0.15) is 24.2 Å². The molecular weight excluding hydrogens is 518 g/mol. The number of benzene rings is 2. The fourth-order valence-electron chi connectivity index (χ4n) is 5.65. The zero-order valence-corrected chi connectivity index (χ0v) is 23.2. The van der Waals surface area contributed by atoms with E-state index < -0.39 is 0 Å². The molecule has 1 aromatic heterocycles. The molecule has 10 heteroatoms. The number of rotatable bonds is 6. The molecule has 9 nitrogen and oxygen atoms in total. The number of pyridine rings is 1. The van der Waals surface area contributed by atoms with E-state index in [9.17, 15) is 9.59 Å². The number of carbonyl (C=O) groups excluding carboxylic acids is 1. The topological polar surface area (TPSA) is 79.3 Å². The van der Waals surface area contributed by atoms with E-state index in [2.05, 4.69) is 33.9 Å². The van der Waals surface area contributed by atoms with Gasteiger partial charge in [-0.1, -0.05) is 11.6 Å². The lowest BCUT2D eigenvalue weighted by Crippen LogP contribution is -2.48. The van der Waals surface area contributed by atoms with Gasteiger partial charge in [-0.2, -0.15) is 0 Å². The quantitative estimate of drug-likeness (QED) is 0.394.